The van der Waals surface area contributed by atoms with E-state index in [1.165, 1.54) is 20.8 Å². The molecule has 1 unspecified atom stereocenters. The molecule has 12 heavy (non-hydrogen) atoms. The number of nitrogens with one attached hydrogen (secondary N) is 1. The summed E-state index contributed by atoms with van der Waals surface area (Å²) >= 11 is 0. The zero-order chi connectivity index (χ0) is 9.94. The second-order valence-electron chi connectivity index (χ2n) is 3.16. The molecule has 5 nitrogen and oxygen atoms in total. The van der Waals surface area contributed by atoms with Gasteiger partial charge in [0.05, 0.1) is 0 Å². The summed E-state index contributed by atoms with van der Waals surface area (Å²) in [5, 5.41) is 11.4. The minimum atomic E-state index is -1.48. The molecule has 1 atom stereocenters. The van der Waals surface area contributed by atoms with Gasteiger partial charge in [0, 0.05) is 0 Å². The first kappa shape index (κ1) is 10.9. The van der Waals surface area contributed by atoms with Crippen molar-refractivity contribution in [3.05, 3.63) is 0 Å². The van der Waals surface area contributed by atoms with Crippen molar-refractivity contribution in [1.82, 2.24) is 5.32 Å². The highest BCUT2D eigenvalue weighted by molar-refractivity contribution is 5.89. The zero-order valence-corrected chi connectivity index (χ0v) is 7.42. The second-order valence-corrected chi connectivity index (χ2v) is 3.16. The van der Waals surface area contributed by atoms with Gasteiger partial charge >= 0.3 is 0 Å². The Morgan fingerprint density at radius 1 is 1.50 bits per heavy atom. The molecule has 0 aliphatic rings. The van der Waals surface area contributed by atoms with Crippen LogP contribution in [0.5, 0.6) is 0 Å². The SMILES string of the molecule is CC(NC(=O)C(C)(C)O)C(N)=O. The summed E-state index contributed by atoms with van der Waals surface area (Å²) in [6.07, 6.45) is 0. The first-order valence-corrected chi connectivity index (χ1v) is 3.58. The largest absolute Gasteiger partial charge is 0.381 e. The Balaban J connectivity index is 4.11. The molecule has 0 radical (unpaired) electrons. The molecule has 2 amide bonds. The smallest absolute Gasteiger partial charge is 0.252 e. The molecule has 0 saturated carbocycles. The van der Waals surface area contributed by atoms with E-state index in [2.05, 4.69) is 5.32 Å². The highest BCUT2D eigenvalue weighted by atomic mass is 16.3. The van der Waals surface area contributed by atoms with E-state index in [4.69, 9.17) is 10.8 Å². The average molecular weight is 174 g/mol. The standard InChI is InChI=1S/C7H14N2O3/c1-4(5(8)10)9-6(11)7(2,3)12/h4,12H,1-3H3,(H2,8,10)(H,9,11). The van der Waals surface area contributed by atoms with Crippen LogP contribution in [0.15, 0.2) is 0 Å². The van der Waals surface area contributed by atoms with Gasteiger partial charge < -0.3 is 16.2 Å². The van der Waals surface area contributed by atoms with E-state index in [-0.39, 0.29) is 0 Å². The van der Waals surface area contributed by atoms with Gasteiger partial charge in [-0.1, -0.05) is 0 Å². The number of primary amides is 1. The van der Waals surface area contributed by atoms with Crippen LogP contribution in [0, 0.1) is 0 Å². The summed E-state index contributed by atoms with van der Waals surface area (Å²) in [7, 11) is 0. The van der Waals surface area contributed by atoms with Gasteiger partial charge in [-0.3, -0.25) is 9.59 Å². The summed E-state index contributed by atoms with van der Waals surface area (Å²) in [5.74, 6) is -1.25. The number of aliphatic hydroxyl groups is 1. The average Bonchev–Trinajstić information content (AvgIpc) is 1.85. The van der Waals surface area contributed by atoms with Crippen molar-refractivity contribution in [3.8, 4) is 0 Å². The summed E-state index contributed by atoms with van der Waals surface area (Å²) < 4.78 is 0. The van der Waals surface area contributed by atoms with Crippen LogP contribution < -0.4 is 11.1 Å². The van der Waals surface area contributed by atoms with Crippen molar-refractivity contribution in [2.75, 3.05) is 0 Å². The zero-order valence-electron chi connectivity index (χ0n) is 7.42. The van der Waals surface area contributed by atoms with Gasteiger partial charge in [0.25, 0.3) is 5.91 Å². The Kier molecular flexibility index (Phi) is 3.21. The Bertz CT molecular complexity index is 195. The van der Waals surface area contributed by atoms with Crippen molar-refractivity contribution in [1.29, 1.82) is 0 Å². The van der Waals surface area contributed by atoms with Crippen LogP contribution in [0.1, 0.15) is 20.8 Å². The molecule has 0 bridgehead atoms. The molecule has 5 heteroatoms. The quantitative estimate of drug-likeness (QED) is 0.499. The molecule has 0 aromatic heterocycles. The van der Waals surface area contributed by atoms with Crippen molar-refractivity contribution in [3.63, 3.8) is 0 Å². The van der Waals surface area contributed by atoms with Gasteiger partial charge in [-0.05, 0) is 20.8 Å². The van der Waals surface area contributed by atoms with Crippen LogP contribution in [0.2, 0.25) is 0 Å². The molecular formula is C7H14N2O3. The van der Waals surface area contributed by atoms with Crippen molar-refractivity contribution in [2.45, 2.75) is 32.4 Å². The Hall–Kier alpha value is -1.10. The second kappa shape index (κ2) is 3.53. The number of carbonyl (C=O) groups excluding carboxylic acids is 2. The number of carbonyl (C=O) groups is 2. The lowest BCUT2D eigenvalue weighted by Gasteiger charge is -2.18. The minimum Gasteiger partial charge on any atom is -0.381 e. The highest BCUT2D eigenvalue weighted by Crippen LogP contribution is 2.00. The lowest BCUT2D eigenvalue weighted by Crippen LogP contribution is -2.50. The Morgan fingerprint density at radius 2 is 1.92 bits per heavy atom. The minimum absolute atomic E-state index is 0.617. The van der Waals surface area contributed by atoms with Gasteiger partial charge in [-0.25, -0.2) is 0 Å². The molecule has 0 heterocycles. The third-order valence-corrected chi connectivity index (χ3v) is 1.33. The van der Waals surface area contributed by atoms with E-state index >= 15 is 0 Å². The van der Waals surface area contributed by atoms with Crippen LogP contribution in [-0.2, 0) is 9.59 Å². The summed E-state index contributed by atoms with van der Waals surface area (Å²) in [4.78, 5) is 21.5. The third-order valence-electron chi connectivity index (χ3n) is 1.33. The van der Waals surface area contributed by atoms with E-state index in [9.17, 15) is 9.59 Å². The molecule has 0 saturated heterocycles. The van der Waals surface area contributed by atoms with Crippen LogP contribution in [0.3, 0.4) is 0 Å². The third kappa shape index (κ3) is 3.34. The fraction of sp³-hybridized carbons (Fsp3) is 0.714. The molecule has 0 fully saturated rings. The predicted octanol–water partition coefficient (Wildman–Crippen LogP) is -1.25. The van der Waals surface area contributed by atoms with Crippen LogP contribution >= 0.6 is 0 Å². The topological polar surface area (TPSA) is 92.4 Å². The highest BCUT2D eigenvalue weighted by Gasteiger charge is 2.25. The van der Waals surface area contributed by atoms with Gasteiger partial charge in [-0.15, -0.1) is 0 Å². The summed E-state index contributed by atoms with van der Waals surface area (Å²) in [6.45, 7) is 4.11. The molecule has 0 aliphatic carbocycles. The van der Waals surface area contributed by atoms with Crippen LogP contribution in [0.25, 0.3) is 0 Å². The van der Waals surface area contributed by atoms with Crippen molar-refractivity contribution >= 4 is 11.8 Å². The molecule has 0 spiro atoms. The fourth-order valence-corrected chi connectivity index (χ4v) is 0.444. The van der Waals surface area contributed by atoms with Gasteiger partial charge in [0.2, 0.25) is 5.91 Å². The lowest BCUT2D eigenvalue weighted by molar-refractivity contribution is -0.138. The molecule has 0 aromatic rings. The van der Waals surface area contributed by atoms with E-state index < -0.39 is 23.5 Å². The normalized spacial score (nSPS) is 13.7. The lowest BCUT2D eigenvalue weighted by atomic mass is 10.1. The molecule has 70 valence electrons. The maximum absolute atomic E-state index is 11.0. The molecule has 0 aliphatic heterocycles. The van der Waals surface area contributed by atoms with Gasteiger partial charge in [-0.2, -0.15) is 0 Å². The predicted molar refractivity (Wildman–Crippen MR) is 43.1 cm³/mol. The van der Waals surface area contributed by atoms with Gasteiger partial charge in [0.1, 0.15) is 11.6 Å². The van der Waals surface area contributed by atoms with Crippen molar-refractivity contribution in [2.24, 2.45) is 5.73 Å². The first-order chi connectivity index (χ1) is 5.25. The fourth-order valence-electron chi connectivity index (χ4n) is 0.444. The molecule has 4 N–H and O–H groups in total. The Morgan fingerprint density at radius 3 is 2.17 bits per heavy atom. The van der Waals surface area contributed by atoms with E-state index in [1.54, 1.807) is 0 Å². The van der Waals surface area contributed by atoms with Crippen LogP contribution in [-0.4, -0.2) is 28.6 Å². The molecular weight excluding hydrogens is 160 g/mol. The monoisotopic (exact) mass is 174 g/mol. The first-order valence-electron chi connectivity index (χ1n) is 3.58. The number of nitrogens with two attached hydrogens (primary N) is 1. The van der Waals surface area contributed by atoms with Crippen molar-refractivity contribution < 1.29 is 14.7 Å². The summed E-state index contributed by atoms with van der Waals surface area (Å²) in [6, 6.07) is -0.760. The maximum atomic E-state index is 11.0. The van der Waals surface area contributed by atoms with E-state index in [0.717, 1.165) is 0 Å². The number of amides is 2. The number of hydrogen-bond acceptors (Lipinski definition) is 3. The maximum Gasteiger partial charge on any atom is 0.252 e. The summed E-state index contributed by atoms with van der Waals surface area (Å²) in [5.41, 5.74) is 3.41. The number of rotatable bonds is 3. The number of hydrogen-bond donors (Lipinski definition) is 3. The van der Waals surface area contributed by atoms with E-state index in [1.807, 2.05) is 0 Å². The molecule has 0 aromatic carbocycles. The molecule has 0 rings (SSSR count). The van der Waals surface area contributed by atoms with E-state index in [0.29, 0.717) is 0 Å². The van der Waals surface area contributed by atoms with Gasteiger partial charge in [0.15, 0.2) is 0 Å². The Labute approximate surface area is 70.9 Å². The van der Waals surface area contributed by atoms with Crippen LogP contribution in [0.4, 0.5) is 0 Å².